The molecule has 2 aromatic rings. The molecule has 0 unspecified atom stereocenters. The maximum atomic E-state index is 11.0. The number of aromatic hydroxyl groups is 1. The largest absolute Gasteiger partial charge is 0.506 e. The molecule has 0 atom stereocenters. The number of aromatic nitrogens is 1. The number of carbonyl (C=O) groups is 1. The van der Waals surface area contributed by atoms with Crippen LogP contribution < -0.4 is 5.32 Å². The molecule has 134 valence electrons. The summed E-state index contributed by atoms with van der Waals surface area (Å²) >= 11 is 0. The molecule has 0 aliphatic heterocycles. The lowest BCUT2D eigenvalue weighted by Crippen LogP contribution is -2.07. The SMILES string of the molecule is Cc1ncc(COP(=O)(O)O)c(CNc2cccc(C(=O)O)c2)c1O. The summed E-state index contributed by atoms with van der Waals surface area (Å²) in [5, 5.41) is 22.1. The first-order valence-corrected chi connectivity index (χ1v) is 8.64. The van der Waals surface area contributed by atoms with E-state index in [0.717, 1.165) is 0 Å². The van der Waals surface area contributed by atoms with Crippen LogP contribution in [0.1, 0.15) is 27.2 Å². The molecule has 0 saturated carbocycles. The molecule has 0 aliphatic carbocycles. The van der Waals surface area contributed by atoms with E-state index < -0.39 is 20.4 Å². The maximum absolute atomic E-state index is 11.0. The van der Waals surface area contributed by atoms with Gasteiger partial charge in [0.2, 0.25) is 0 Å². The first-order chi connectivity index (χ1) is 11.7. The van der Waals surface area contributed by atoms with Crippen molar-refractivity contribution in [2.24, 2.45) is 0 Å². The third-order valence-electron chi connectivity index (χ3n) is 3.40. The minimum absolute atomic E-state index is 0.0815. The molecule has 1 aromatic heterocycles. The van der Waals surface area contributed by atoms with E-state index in [1.54, 1.807) is 19.1 Å². The number of aromatic carboxylic acids is 1. The van der Waals surface area contributed by atoms with E-state index in [1.807, 2.05) is 0 Å². The van der Waals surface area contributed by atoms with Crippen LogP contribution in [-0.2, 0) is 22.2 Å². The molecule has 1 aromatic carbocycles. The van der Waals surface area contributed by atoms with Gasteiger partial charge >= 0.3 is 13.8 Å². The summed E-state index contributed by atoms with van der Waals surface area (Å²) in [6.07, 6.45) is 1.36. The van der Waals surface area contributed by atoms with Gasteiger partial charge in [0.25, 0.3) is 0 Å². The highest BCUT2D eigenvalue weighted by atomic mass is 31.2. The number of phosphoric ester groups is 1. The van der Waals surface area contributed by atoms with Gasteiger partial charge in [0.1, 0.15) is 5.75 Å². The number of pyridine rings is 1. The summed E-state index contributed by atoms with van der Waals surface area (Å²) < 4.78 is 15.3. The fourth-order valence-corrected chi connectivity index (χ4v) is 2.42. The lowest BCUT2D eigenvalue weighted by molar-refractivity contribution is 0.0697. The lowest BCUT2D eigenvalue weighted by Gasteiger charge is -2.15. The molecule has 0 fully saturated rings. The molecule has 0 spiro atoms. The number of phosphoric acid groups is 1. The number of carboxylic acid groups (broad SMARTS) is 1. The van der Waals surface area contributed by atoms with Crippen molar-refractivity contribution in [3.8, 4) is 5.75 Å². The average Bonchev–Trinajstić information content (AvgIpc) is 2.54. The van der Waals surface area contributed by atoms with E-state index in [2.05, 4.69) is 14.8 Å². The molecular weight excluding hydrogens is 351 g/mol. The number of nitrogens with zero attached hydrogens (tertiary/aromatic N) is 1. The van der Waals surface area contributed by atoms with Crippen molar-refractivity contribution in [1.29, 1.82) is 0 Å². The van der Waals surface area contributed by atoms with Gasteiger partial charge in [-0.2, -0.15) is 0 Å². The highest BCUT2D eigenvalue weighted by Gasteiger charge is 2.18. The van der Waals surface area contributed by atoms with Gasteiger partial charge in [0.15, 0.2) is 0 Å². The Kier molecular flexibility index (Phi) is 5.76. The van der Waals surface area contributed by atoms with Crippen LogP contribution in [0.15, 0.2) is 30.5 Å². The number of nitrogens with one attached hydrogen (secondary N) is 1. The standard InChI is InChI=1S/C15H17N2O7P/c1-9-14(18)13(11(6-16-9)8-24-25(21,22)23)7-17-12-4-2-3-10(5-12)15(19)20/h2-6,17-18H,7-8H2,1H3,(H,19,20)(H2,21,22,23). The fourth-order valence-electron chi connectivity index (χ4n) is 2.11. The lowest BCUT2D eigenvalue weighted by atomic mass is 10.1. The molecule has 9 nitrogen and oxygen atoms in total. The van der Waals surface area contributed by atoms with Crippen molar-refractivity contribution in [2.75, 3.05) is 5.32 Å². The molecule has 5 N–H and O–H groups in total. The summed E-state index contributed by atoms with van der Waals surface area (Å²) in [5.41, 5.74) is 1.60. The highest BCUT2D eigenvalue weighted by molar-refractivity contribution is 7.46. The first-order valence-electron chi connectivity index (χ1n) is 7.11. The Balaban J connectivity index is 2.22. The van der Waals surface area contributed by atoms with Gasteiger partial charge in [-0.05, 0) is 25.1 Å². The molecule has 25 heavy (non-hydrogen) atoms. The Labute approximate surface area is 143 Å². The number of aryl methyl sites for hydroxylation is 1. The summed E-state index contributed by atoms with van der Waals surface area (Å²) in [4.78, 5) is 32.6. The van der Waals surface area contributed by atoms with E-state index in [-0.39, 0.29) is 17.9 Å². The topological polar surface area (TPSA) is 149 Å². The van der Waals surface area contributed by atoms with Crippen LogP contribution in [0.25, 0.3) is 0 Å². The number of carboxylic acids is 1. The normalized spacial score (nSPS) is 11.3. The third-order valence-corrected chi connectivity index (χ3v) is 3.86. The highest BCUT2D eigenvalue weighted by Crippen LogP contribution is 2.38. The summed E-state index contributed by atoms with van der Waals surface area (Å²) in [6, 6.07) is 6.10. The van der Waals surface area contributed by atoms with E-state index >= 15 is 0 Å². The van der Waals surface area contributed by atoms with E-state index in [1.165, 1.54) is 18.3 Å². The Bertz CT molecular complexity index is 835. The van der Waals surface area contributed by atoms with Gasteiger partial charge in [0, 0.05) is 29.6 Å². The van der Waals surface area contributed by atoms with Crippen LogP contribution in [0, 0.1) is 6.92 Å². The molecule has 0 amide bonds. The Morgan fingerprint density at radius 3 is 2.72 bits per heavy atom. The zero-order valence-electron chi connectivity index (χ0n) is 13.2. The smallest absolute Gasteiger partial charge is 0.469 e. The molecule has 0 aliphatic rings. The van der Waals surface area contributed by atoms with E-state index in [0.29, 0.717) is 22.5 Å². The van der Waals surface area contributed by atoms with Crippen molar-refractivity contribution in [2.45, 2.75) is 20.1 Å². The van der Waals surface area contributed by atoms with Crippen molar-refractivity contribution >= 4 is 19.5 Å². The molecule has 1 heterocycles. The summed E-state index contributed by atoms with van der Waals surface area (Å²) in [7, 11) is -4.67. The molecule has 2 rings (SSSR count). The Hall–Kier alpha value is -2.45. The number of anilines is 1. The number of rotatable bonds is 7. The molecule has 0 bridgehead atoms. The maximum Gasteiger partial charge on any atom is 0.469 e. The second-order valence-electron chi connectivity index (χ2n) is 5.20. The third kappa shape index (κ3) is 5.27. The van der Waals surface area contributed by atoms with Gasteiger partial charge in [-0.15, -0.1) is 0 Å². The fraction of sp³-hybridized carbons (Fsp3) is 0.200. The Morgan fingerprint density at radius 1 is 1.36 bits per heavy atom. The van der Waals surface area contributed by atoms with E-state index in [9.17, 15) is 14.5 Å². The van der Waals surface area contributed by atoms with Gasteiger partial charge in [-0.3, -0.25) is 9.51 Å². The van der Waals surface area contributed by atoms with Crippen LogP contribution >= 0.6 is 7.82 Å². The predicted octanol–water partition coefficient (Wildman–Crippen LogP) is 2.02. The van der Waals surface area contributed by atoms with Gasteiger partial charge in [-0.25, -0.2) is 9.36 Å². The minimum Gasteiger partial charge on any atom is -0.506 e. The van der Waals surface area contributed by atoms with Crippen molar-refractivity contribution in [1.82, 2.24) is 4.98 Å². The average molecular weight is 368 g/mol. The van der Waals surface area contributed by atoms with Gasteiger partial charge in [0.05, 0.1) is 17.9 Å². The minimum atomic E-state index is -4.67. The van der Waals surface area contributed by atoms with Crippen molar-refractivity contribution in [3.05, 3.63) is 52.8 Å². The van der Waals surface area contributed by atoms with Gasteiger partial charge in [-0.1, -0.05) is 6.07 Å². The summed E-state index contributed by atoms with van der Waals surface area (Å²) in [5.74, 6) is -1.20. The van der Waals surface area contributed by atoms with Gasteiger partial charge < -0.3 is 25.3 Å². The molecular formula is C15H17N2O7P. The zero-order chi connectivity index (χ0) is 18.6. The predicted molar refractivity (Wildman–Crippen MR) is 88.2 cm³/mol. The van der Waals surface area contributed by atoms with E-state index in [4.69, 9.17) is 14.9 Å². The van der Waals surface area contributed by atoms with Crippen molar-refractivity contribution < 1.29 is 33.9 Å². The van der Waals surface area contributed by atoms with Crippen LogP contribution in [0.3, 0.4) is 0 Å². The number of hydrogen-bond acceptors (Lipinski definition) is 6. The van der Waals surface area contributed by atoms with Crippen LogP contribution in [-0.4, -0.2) is 31.0 Å². The van der Waals surface area contributed by atoms with Crippen molar-refractivity contribution in [3.63, 3.8) is 0 Å². The van der Waals surface area contributed by atoms with Crippen LogP contribution in [0.4, 0.5) is 5.69 Å². The number of hydrogen-bond donors (Lipinski definition) is 5. The summed E-state index contributed by atoms with van der Waals surface area (Å²) in [6.45, 7) is 1.23. The monoisotopic (exact) mass is 368 g/mol. The zero-order valence-corrected chi connectivity index (χ0v) is 14.1. The second-order valence-corrected chi connectivity index (χ2v) is 6.44. The number of benzene rings is 1. The second kappa shape index (κ2) is 7.62. The van der Waals surface area contributed by atoms with Crippen LogP contribution in [0.2, 0.25) is 0 Å². The molecule has 0 radical (unpaired) electrons. The van der Waals surface area contributed by atoms with Crippen LogP contribution in [0.5, 0.6) is 5.75 Å². The molecule has 0 saturated heterocycles. The molecule has 10 heteroatoms. The Morgan fingerprint density at radius 2 is 2.08 bits per heavy atom. The quantitative estimate of drug-likeness (QED) is 0.463. The first kappa shape index (κ1) is 18.9.